The quantitative estimate of drug-likeness (QED) is 0.582. The highest BCUT2D eigenvalue weighted by atomic mass is 79.9. The molecule has 0 aliphatic rings. The third-order valence-corrected chi connectivity index (χ3v) is 4.02. The Morgan fingerprint density at radius 3 is 2.57 bits per heavy atom. The van der Waals surface area contributed by atoms with E-state index in [1.165, 1.54) is 11.8 Å². The van der Waals surface area contributed by atoms with Gasteiger partial charge < -0.3 is 10.6 Å². The van der Waals surface area contributed by atoms with Gasteiger partial charge in [-0.3, -0.25) is 4.79 Å². The number of benzene rings is 1. The molecule has 7 heteroatoms. The van der Waals surface area contributed by atoms with Crippen molar-refractivity contribution in [3.8, 4) is 0 Å². The van der Waals surface area contributed by atoms with Gasteiger partial charge >= 0.3 is 0 Å². The van der Waals surface area contributed by atoms with E-state index in [1.807, 2.05) is 24.3 Å². The summed E-state index contributed by atoms with van der Waals surface area (Å²) in [6.07, 6.45) is 3.34. The van der Waals surface area contributed by atoms with Gasteiger partial charge in [-0.25, -0.2) is 9.97 Å². The van der Waals surface area contributed by atoms with Crippen molar-refractivity contribution < 1.29 is 4.79 Å². The van der Waals surface area contributed by atoms with E-state index in [-0.39, 0.29) is 5.91 Å². The second-order valence-electron chi connectivity index (χ2n) is 4.09. The van der Waals surface area contributed by atoms with Gasteiger partial charge in [0.25, 0.3) is 0 Å². The Bertz CT molecular complexity index is 565. The van der Waals surface area contributed by atoms with Crippen LogP contribution in [0.4, 0.5) is 5.95 Å². The predicted molar refractivity (Wildman–Crippen MR) is 88.4 cm³/mol. The Morgan fingerprint density at radius 2 is 1.86 bits per heavy atom. The molecule has 0 atom stereocenters. The third-order valence-electron chi connectivity index (χ3n) is 2.48. The number of hydrogen-bond donors (Lipinski definition) is 2. The Labute approximate surface area is 136 Å². The maximum Gasteiger partial charge on any atom is 0.230 e. The van der Waals surface area contributed by atoms with Crippen molar-refractivity contribution >= 4 is 39.5 Å². The Morgan fingerprint density at radius 1 is 1.14 bits per heavy atom. The maximum absolute atomic E-state index is 11.7. The van der Waals surface area contributed by atoms with E-state index < -0.39 is 0 Å². The van der Waals surface area contributed by atoms with Crippen molar-refractivity contribution in [3.05, 3.63) is 47.2 Å². The molecule has 0 aliphatic carbocycles. The number of carbonyl (C=O) groups is 1. The van der Waals surface area contributed by atoms with Crippen molar-refractivity contribution in [2.75, 3.05) is 24.2 Å². The number of thioether (sulfide) groups is 1. The fourth-order valence-electron chi connectivity index (χ4n) is 1.50. The number of nitrogens with one attached hydrogen (secondary N) is 2. The Hall–Kier alpha value is -1.60. The lowest BCUT2D eigenvalue weighted by molar-refractivity contribution is -0.118. The molecule has 1 aromatic heterocycles. The van der Waals surface area contributed by atoms with E-state index in [2.05, 4.69) is 36.5 Å². The van der Waals surface area contributed by atoms with E-state index in [0.717, 1.165) is 9.37 Å². The zero-order valence-corrected chi connectivity index (χ0v) is 13.7. The molecule has 2 rings (SSSR count). The van der Waals surface area contributed by atoms with Crippen LogP contribution in [0.5, 0.6) is 0 Å². The first-order chi connectivity index (χ1) is 10.2. The van der Waals surface area contributed by atoms with Gasteiger partial charge in [0.05, 0.1) is 5.75 Å². The number of amides is 1. The summed E-state index contributed by atoms with van der Waals surface area (Å²) in [5, 5.41) is 5.88. The monoisotopic (exact) mass is 366 g/mol. The lowest BCUT2D eigenvalue weighted by Gasteiger charge is -2.06. The molecule has 1 heterocycles. The van der Waals surface area contributed by atoms with Gasteiger partial charge in [-0.15, -0.1) is 11.8 Å². The molecule has 0 radical (unpaired) electrons. The van der Waals surface area contributed by atoms with Crippen LogP contribution in [0.2, 0.25) is 0 Å². The highest BCUT2D eigenvalue weighted by Gasteiger charge is 2.02. The summed E-state index contributed by atoms with van der Waals surface area (Å²) in [5.41, 5.74) is 0. The number of aromatic nitrogens is 2. The Balaban J connectivity index is 1.60. The van der Waals surface area contributed by atoms with Crippen LogP contribution in [0.15, 0.2) is 52.1 Å². The van der Waals surface area contributed by atoms with E-state index in [0.29, 0.717) is 24.8 Å². The lowest BCUT2D eigenvalue weighted by Crippen LogP contribution is -2.30. The lowest BCUT2D eigenvalue weighted by atomic mass is 10.4. The molecule has 0 saturated carbocycles. The fraction of sp³-hybridized carbons (Fsp3) is 0.214. The van der Waals surface area contributed by atoms with E-state index in [4.69, 9.17) is 0 Å². The molecule has 5 nitrogen and oxygen atoms in total. The molecule has 1 aromatic carbocycles. The first-order valence-corrected chi connectivity index (χ1v) is 8.18. The van der Waals surface area contributed by atoms with Gasteiger partial charge in [-0.2, -0.15) is 0 Å². The van der Waals surface area contributed by atoms with Gasteiger partial charge in [0.1, 0.15) is 0 Å². The summed E-state index contributed by atoms with van der Waals surface area (Å²) in [4.78, 5) is 20.8. The molecule has 1 amide bonds. The van der Waals surface area contributed by atoms with Crippen LogP contribution in [0.3, 0.4) is 0 Å². The molecule has 21 heavy (non-hydrogen) atoms. The van der Waals surface area contributed by atoms with Gasteiger partial charge in [0.2, 0.25) is 11.9 Å². The van der Waals surface area contributed by atoms with Crippen LogP contribution in [0.25, 0.3) is 0 Å². The van der Waals surface area contributed by atoms with Crippen molar-refractivity contribution in [2.24, 2.45) is 0 Å². The SMILES string of the molecule is O=C(CSc1ccc(Br)cc1)NCCNc1ncccn1. The second-order valence-corrected chi connectivity index (χ2v) is 6.06. The zero-order chi connectivity index (χ0) is 14.9. The first-order valence-electron chi connectivity index (χ1n) is 6.40. The third kappa shape index (κ3) is 6.14. The number of hydrogen-bond acceptors (Lipinski definition) is 5. The molecule has 2 N–H and O–H groups in total. The molecule has 110 valence electrons. The largest absolute Gasteiger partial charge is 0.354 e. The second kappa shape index (κ2) is 8.63. The Kier molecular flexibility index (Phi) is 6.49. The van der Waals surface area contributed by atoms with Gasteiger partial charge in [-0.05, 0) is 30.3 Å². The van der Waals surface area contributed by atoms with Crippen LogP contribution in [-0.2, 0) is 4.79 Å². The molecule has 0 spiro atoms. The fourth-order valence-corrected chi connectivity index (χ4v) is 2.49. The summed E-state index contributed by atoms with van der Waals surface area (Å²) in [6, 6.07) is 9.65. The van der Waals surface area contributed by atoms with E-state index in [1.54, 1.807) is 18.5 Å². The average molecular weight is 367 g/mol. The number of nitrogens with zero attached hydrogens (tertiary/aromatic N) is 2. The molecule has 0 unspecified atom stereocenters. The molecule has 0 fully saturated rings. The van der Waals surface area contributed by atoms with Crippen molar-refractivity contribution in [3.63, 3.8) is 0 Å². The topological polar surface area (TPSA) is 66.9 Å². The number of anilines is 1. The molecular weight excluding hydrogens is 352 g/mol. The van der Waals surface area contributed by atoms with Crippen molar-refractivity contribution in [1.82, 2.24) is 15.3 Å². The number of halogens is 1. The maximum atomic E-state index is 11.7. The highest BCUT2D eigenvalue weighted by Crippen LogP contribution is 2.20. The van der Waals surface area contributed by atoms with E-state index in [9.17, 15) is 4.79 Å². The molecular formula is C14H15BrN4OS. The first kappa shape index (κ1) is 15.8. The van der Waals surface area contributed by atoms with Gasteiger partial charge in [0.15, 0.2) is 0 Å². The minimum atomic E-state index is 0.0127. The van der Waals surface area contributed by atoms with Crippen molar-refractivity contribution in [2.45, 2.75) is 4.90 Å². The standard InChI is InChI=1S/C14H15BrN4OS/c15-11-2-4-12(5-3-11)21-10-13(20)16-8-9-19-14-17-6-1-7-18-14/h1-7H,8-10H2,(H,16,20)(H,17,18,19). The summed E-state index contributed by atoms with van der Waals surface area (Å²) in [7, 11) is 0. The predicted octanol–water partition coefficient (Wildman–Crippen LogP) is 2.56. The smallest absolute Gasteiger partial charge is 0.230 e. The summed E-state index contributed by atoms with van der Waals surface area (Å²) >= 11 is 4.89. The molecule has 0 saturated heterocycles. The normalized spacial score (nSPS) is 10.1. The number of carbonyl (C=O) groups excluding carboxylic acids is 1. The summed E-state index contributed by atoms with van der Waals surface area (Å²) in [6.45, 7) is 1.14. The minimum absolute atomic E-state index is 0.0127. The average Bonchev–Trinajstić information content (AvgIpc) is 2.52. The minimum Gasteiger partial charge on any atom is -0.354 e. The van der Waals surface area contributed by atoms with Gasteiger partial charge in [-0.1, -0.05) is 15.9 Å². The highest BCUT2D eigenvalue weighted by molar-refractivity contribution is 9.10. The van der Waals surface area contributed by atoms with Gasteiger partial charge in [0, 0.05) is 34.9 Å². The van der Waals surface area contributed by atoms with Crippen molar-refractivity contribution in [1.29, 1.82) is 0 Å². The van der Waals surface area contributed by atoms with Crippen LogP contribution in [0, 0.1) is 0 Å². The van der Waals surface area contributed by atoms with Crippen LogP contribution < -0.4 is 10.6 Å². The van der Waals surface area contributed by atoms with Crippen LogP contribution in [-0.4, -0.2) is 34.7 Å². The van der Waals surface area contributed by atoms with Crippen LogP contribution >= 0.6 is 27.7 Å². The molecule has 0 bridgehead atoms. The number of rotatable bonds is 7. The van der Waals surface area contributed by atoms with E-state index >= 15 is 0 Å². The van der Waals surface area contributed by atoms with Crippen LogP contribution in [0.1, 0.15) is 0 Å². The summed E-state index contributed by atoms with van der Waals surface area (Å²) < 4.78 is 1.03. The molecule has 2 aromatic rings. The summed E-state index contributed by atoms with van der Waals surface area (Å²) in [5.74, 6) is 0.985. The zero-order valence-electron chi connectivity index (χ0n) is 11.3. The molecule has 0 aliphatic heterocycles.